The highest BCUT2D eigenvalue weighted by molar-refractivity contribution is 5.98. The first-order chi connectivity index (χ1) is 16.0. The lowest BCUT2D eigenvalue weighted by molar-refractivity contribution is 0.0392. The minimum Gasteiger partial charge on any atom is -0.327 e. The van der Waals surface area contributed by atoms with Crippen molar-refractivity contribution in [3.63, 3.8) is 0 Å². The van der Waals surface area contributed by atoms with E-state index in [4.69, 9.17) is 5.10 Å². The molecule has 1 fully saturated rings. The molecule has 2 aromatic heterocycles. The lowest BCUT2D eigenvalue weighted by atomic mass is 9.81. The molecule has 2 atom stereocenters. The van der Waals surface area contributed by atoms with Crippen molar-refractivity contribution in [2.24, 2.45) is 7.05 Å². The minimum atomic E-state index is -0.613. The second kappa shape index (κ2) is 7.47. The fraction of sp³-hybridized carbons (Fsp3) is 0.269. The Morgan fingerprint density at radius 2 is 1.88 bits per heavy atom. The van der Waals surface area contributed by atoms with Crippen molar-refractivity contribution >= 4 is 16.8 Å². The Balaban J connectivity index is 1.42. The summed E-state index contributed by atoms with van der Waals surface area (Å²) in [6, 6.07) is 12.9. The van der Waals surface area contributed by atoms with Crippen LogP contribution in [0.4, 0.5) is 8.78 Å². The van der Waals surface area contributed by atoms with Crippen molar-refractivity contribution in [1.82, 2.24) is 19.7 Å². The van der Waals surface area contributed by atoms with Gasteiger partial charge in [0, 0.05) is 47.4 Å². The van der Waals surface area contributed by atoms with E-state index >= 15 is 0 Å². The van der Waals surface area contributed by atoms with Crippen LogP contribution < -0.4 is 0 Å². The van der Waals surface area contributed by atoms with Gasteiger partial charge in [0.05, 0.1) is 22.9 Å². The maximum atomic E-state index is 14.0. The number of piperidine rings is 1. The molecule has 1 saturated heterocycles. The molecule has 0 radical (unpaired) electrons. The average Bonchev–Trinajstić information content (AvgIpc) is 3.13. The third-order valence-corrected chi connectivity index (χ3v) is 6.90. The first-order valence-electron chi connectivity index (χ1n) is 11.2. The monoisotopic (exact) mass is 444 g/mol. The van der Waals surface area contributed by atoms with E-state index in [1.165, 1.54) is 12.1 Å². The van der Waals surface area contributed by atoms with Gasteiger partial charge in [-0.15, -0.1) is 0 Å². The molecule has 0 aliphatic carbocycles. The number of benzene rings is 2. The molecule has 6 rings (SSSR count). The number of carbonyl (C=O) groups excluding carboxylic acids is 1. The zero-order valence-electron chi connectivity index (χ0n) is 18.1. The van der Waals surface area contributed by atoms with Gasteiger partial charge >= 0.3 is 0 Å². The van der Waals surface area contributed by atoms with E-state index in [0.29, 0.717) is 17.5 Å². The summed E-state index contributed by atoms with van der Waals surface area (Å²) in [5.74, 6) is -1.25. The number of rotatable bonds is 2. The zero-order chi connectivity index (χ0) is 22.7. The van der Waals surface area contributed by atoms with Crippen LogP contribution in [0.2, 0.25) is 0 Å². The largest absolute Gasteiger partial charge is 0.327 e. The quantitative estimate of drug-likeness (QED) is 0.427. The van der Waals surface area contributed by atoms with Crippen LogP contribution in [0.1, 0.15) is 46.9 Å². The van der Waals surface area contributed by atoms with E-state index in [1.807, 2.05) is 35.2 Å². The second-order valence-electron chi connectivity index (χ2n) is 8.92. The van der Waals surface area contributed by atoms with Gasteiger partial charge in [-0.05, 0) is 56.0 Å². The lowest BCUT2D eigenvalue weighted by Gasteiger charge is -2.45. The number of amides is 1. The van der Waals surface area contributed by atoms with Gasteiger partial charge in [-0.3, -0.25) is 14.5 Å². The van der Waals surface area contributed by atoms with Crippen molar-refractivity contribution in [3.05, 3.63) is 83.2 Å². The molecule has 0 N–H and O–H groups in total. The molecule has 0 unspecified atom stereocenters. The van der Waals surface area contributed by atoms with Crippen LogP contribution in [0.25, 0.3) is 22.2 Å². The van der Waals surface area contributed by atoms with E-state index in [9.17, 15) is 13.6 Å². The Kier molecular flexibility index (Phi) is 4.54. The molecule has 2 aliphatic rings. The van der Waals surface area contributed by atoms with Crippen molar-refractivity contribution in [1.29, 1.82) is 0 Å². The Bertz CT molecular complexity index is 1390. The topological polar surface area (TPSA) is 51.0 Å². The summed E-state index contributed by atoms with van der Waals surface area (Å²) in [7, 11) is 1.79. The van der Waals surface area contributed by atoms with Crippen LogP contribution in [0.5, 0.6) is 0 Å². The van der Waals surface area contributed by atoms with Crippen molar-refractivity contribution in [3.8, 4) is 11.3 Å². The van der Waals surface area contributed by atoms with Gasteiger partial charge in [0.2, 0.25) is 0 Å². The van der Waals surface area contributed by atoms with Crippen molar-refractivity contribution in [2.75, 3.05) is 0 Å². The van der Waals surface area contributed by atoms with E-state index < -0.39 is 11.6 Å². The summed E-state index contributed by atoms with van der Waals surface area (Å²) in [5, 5.41) is 5.74. The van der Waals surface area contributed by atoms with Gasteiger partial charge in [-0.25, -0.2) is 8.78 Å². The highest BCUT2D eigenvalue weighted by atomic mass is 19.1. The van der Waals surface area contributed by atoms with E-state index in [2.05, 4.69) is 4.98 Å². The van der Waals surface area contributed by atoms with Crippen LogP contribution >= 0.6 is 0 Å². The molecule has 2 aromatic carbocycles. The standard InChI is InChI=1S/C26H22F2N4O/c1-31-25(17-10-18(27)13-19(28)11-17)21-14-20-5-2-6-23(24(21)30-31)32(20)26(33)16-8-7-15-4-3-9-29-22(15)12-16/h3-4,7-13,20,23H,2,5-6,14H2,1H3/t20-,23+/m1/s1. The van der Waals surface area contributed by atoms with Gasteiger partial charge in [0.1, 0.15) is 11.6 Å². The van der Waals surface area contributed by atoms with Gasteiger partial charge in [-0.2, -0.15) is 5.10 Å². The summed E-state index contributed by atoms with van der Waals surface area (Å²) in [5.41, 5.74) is 4.43. The molecule has 1 amide bonds. The number of hydrogen-bond acceptors (Lipinski definition) is 3. The Labute approximate surface area is 189 Å². The minimum absolute atomic E-state index is 0.0181. The smallest absolute Gasteiger partial charge is 0.254 e. The van der Waals surface area contributed by atoms with Crippen LogP contribution in [0, 0.1) is 11.6 Å². The predicted octanol–water partition coefficient (Wildman–Crippen LogP) is 5.21. The van der Waals surface area contributed by atoms with Gasteiger partial charge in [0.25, 0.3) is 5.91 Å². The Hall–Kier alpha value is -3.61. The van der Waals surface area contributed by atoms with Gasteiger partial charge < -0.3 is 4.90 Å². The summed E-state index contributed by atoms with van der Waals surface area (Å²) in [6.07, 6.45) is 5.06. The van der Waals surface area contributed by atoms with Crippen LogP contribution in [0.3, 0.4) is 0 Å². The summed E-state index contributed by atoms with van der Waals surface area (Å²) < 4.78 is 29.6. The number of aromatic nitrogens is 3. The van der Waals surface area contributed by atoms with Crippen LogP contribution in [-0.4, -0.2) is 31.6 Å². The van der Waals surface area contributed by atoms with Crippen molar-refractivity contribution < 1.29 is 13.6 Å². The van der Waals surface area contributed by atoms with Gasteiger partial charge in [-0.1, -0.05) is 12.1 Å². The Morgan fingerprint density at radius 1 is 1.06 bits per heavy atom. The third kappa shape index (κ3) is 3.22. The van der Waals surface area contributed by atoms with Crippen molar-refractivity contribution in [2.45, 2.75) is 37.8 Å². The average molecular weight is 444 g/mol. The fourth-order valence-electron chi connectivity index (χ4n) is 5.55. The molecule has 4 heterocycles. The molecule has 7 heteroatoms. The highest BCUT2D eigenvalue weighted by Gasteiger charge is 2.43. The number of halogens is 2. The van der Waals surface area contributed by atoms with Gasteiger partial charge in [0.15, 0.2) is 0 Å². The lowest BCUT2D eigenvalue weighted by Crippen LogP contribution is -2.49. The normalized spacial score (nSPS) is 19.5. The number of nitrogens with zero attached hydrogens (tertiary/aromatic N) is 4. The maximum Gasteiger partial charge on any atom is 0.254 e. The second-order valence-corrected chi connectivity index (χ2v) is 8.92. The summed E-state index contributed by atoms with van der Waals surface area (Å²) in [6.45, 7) is 0. The molecule has 2 bridgehead atoms. The molecule has 166 valence electrons. The Morgan fingerprint density at radius 3 is 2.70 bits per heavy atom. The zero-order valence-corrected chi connectivity index (χ0v) is 18.1. The number of pyridine rings is 1. The number of aryl methyl sites for hydroxylation is 1. The molecule has 2 aliphatic heterocycles. The van der Waals surface area contributed by atoms with Crippen LogP contribution in [0.15, 0.2) is 54.7 Å². The molecule has 33 heavy (non-hydrogen) atoms. The number of carbonyl (C=O) groups is 1. The van der Waals surface area contributed by atoms with E-state index in [1.54, 1.807) is 17.9 Å². The van der Waals surface area contributed by atoms with E-state index in [-0.39, 0.29) is 18.0 Å². The van der Waals surface area contributed by atoms with E-state index in [0.717, 1.165) is 53.2 Å². The highest BCUT2D eigenvalue weighted by Crippen LogP contribution is 2.45. The first-order valence-corrected chi connectivity index (χ1v) is 11.2. The molecular weight excluding hydrogens is 422 g/mol. The summed E-state index contributed by atoms with van der Waals surface area (Å²) >= 11 is 0. The number of fused-ring (bicyclic) bond motifs is 5. The third-order valence-electron chi connectivity index (χ3n) is 6.90. The number of hydrogen-bond donors (Lipinski definition) is 0. The molecular formula is C26H22F2N4O. The fourth-order valence-corrected chi connectivity index (χ4v) is 5.55. The SMILES string of the molecule is Cn1nc2c(c1-c1cc(F)cc(F)c1)C[C@H]1CCC[C@@H]2N1C(=O)c1ccc2cccnc2c1. The maximum absolute atomic E-state index is 14.0. The molecule has 4 aromatic rings. The predicted molar refractivity (Wildman–Crippen MR) is 121 cm³/mol. The molecule has 0 saturated carbocycles. The van der Waals surface area contributed by atoms with Crippen LogP contribution in [-0.2, 0) is 13.5 Å². The first kappa shape index (κ1) is 20.0. The summed E-state index contributed by atoms with van der Waals surface area (Å²) in [4.78, 5) is 20.0. The molecule has 5 nitrogen and oxygen atoms in total. The molecule has 0 spiro atoms.